The van der Waals surface area contributed by atoms with Gasteiger partial charge in [-0.25, -0.2) is 5.43 Å². The van der Waals surface area contributed by atoms with Crippen molar-refractivity contribution in [1.82, 2.24) is 10.7 Å². The van der Waals surface area contributed by atoms with E-state index in [1.54, 1.807) is 18.2 Å². The Balaban J connectivity index is 1.27. The van der Waals surface area contributed by atoms with Crippen LogP contribution >= 0.6 is 0 Å². The van der Waals surface area contributed by atoms with Gasteiger partial charge in [-0.15, -0.1) is 0 Å². The fraction of sp³-hybridized carbons (Fsp3) is 0.160. The number of rotatable bonds is 8. The van der Waals surface area contributed by atoms with Gasteiger partial charge in [0.2, 0.25) is 6.79 Å². The Hall–Kier alpha value is -4.33. The smallest absolute Gasteiger partial charge is 0.259 e. The van der Waals surface area contributed by atoms with Gasteiger partial charge in [-0.3, -0.25) is 9.59 Å². The second-order valence-electron chi connectivity index (χ2n) is 7.36. The summed E-state index contributed by atoms with van der Waals surface area (Å²) in [7, 11) is 0. The first kappa shape index (κ1) is 21.9. The minimum Gasteiger partial charge on any atom is -0.488 e. The van der Waals surface area contributed by atoms with Gasteiger partial charge in [0.25, 0.3) is 11.8 Å². The normalized spacial score (nSPS) is 11.9. The summed E-state index contributed by atoms with van der Waals surface area (Å²) in [5.74, 6) is 0.870. The van der Waals surface area contributed by atoms with Crippen molar-refractivity contribution in [3.8, 4) is 17.2 Å². The Morgan fingerprint density at radius 1 is 1.03 bits per heavy atom. The van der Waals surface area contributed by atoms with Crippen LogP contribution in [0.3, 0.4) is 0 Å². The van der Waals surface area contributed by atoms with E-state index in [2.05, 4.69) is 15.8 Å². The maximum Gasteiger partial charge on any atom is 0.259 e. The van der Waals surface area contributed by atoms with Gasteiger partial charge in [0.1, 0.15) is 12.4 Å². The standard InChI is InChI=1S/C25H23N3O5/c1-17-6-8-18(9-7-17)15-31-21-5-3-2-4-20(21)13-27-28-24(29)14-26-25(30)19-10-11-22-23(12-19)33-16-32-22/h2-13H,14-16H2,1H3,(H,26,30)(H,28,29)/b27-13-. The zero-order chi connectivity index (χ0) is 23.0. The minimum atomic E-state index is -0.460. The second kappa shape index (κ2) is 10.3. The molecule has 0 saturated heterocycles. The van der Waals surface area contributed by atoms with E-state index in [-0.39, 0.29) is 13.3 Å². The van der Waals surface area contributed by atoms with Crippen LogP contribution in [0.1, 0.15) is 27.0 Å². The molecule has 1 heterocycles. The van der Waals surface area contributed by atoms with Gasteiger partial charge in [-0.05, 0) is 42.8 Å². The molecule has 0 spiro atoms. The molecular weight excluding hydrogens is 422 g/mol. The summed E-state index contributed by atoms with van der Waals surface area (Å²) in [6, 6.07) is 20.3. The highest BCUT2D eigenvalue weighted by Crippen LogP contribution is 2.32. The van der Waals surface area contributed by atoms with Crippen molar-refractivity contribution >= 4 is 18.0 Å². The number of hydrazone groups is 1. The van der Waals surface area contributed by atoms with Crippen LogP contribution in [-0.4, -0.2) is 31.4 Å². The van der Waals surface area contributed by atoms with E-state index in [9.17, 15) is 9.59 Å². The van der Waals surface area contributed by atoms with Gasteiger partial charge in [0.05, 0.1) is 12.8 Å². The number of nitrogens with zero attached hydrogens (tertiary/aromatic N) is 1. The lowest BCUT2D eigenvalue weighted by Gasteiger charge is -2.09. The van der Waals surface area contributed by atoms with E-state index in [1.807, 2.05) is 55.5 Å². The summed E-state index contributed by atoms with van der Waals surface area (Å²) in [5, 5.41) is 6.52. The quantitative estimate of drug-likeness (QED) is 0.410. The van der Waals surface area contributed by atoms with Gasteiger partial charge in [-0.2, -0.15) is 5.10 Å². The first-order valence-electron chi connectivity index (χ1n) is 10.4. The highest BCUT2D eigenvalue weighted by molar-refractivity contribution is 5.97. The maximum atomic E-state index is 12.3. The average Bonchev–Trinajstić information content (AvgIpc) is 3.31. The average molecular weight is 445 g/mol. The Morgan fingerprint density at radius 2 is 1.82 bits per heavy atom. The lowest BCUT2D eigenvalue weighted by Crippen LogP contribution is -2.34. The topological polar surface area (TPSA) is 98.2 Å². The van der Waals surface area contributed by atoms with Crippen molar-refractivity contribution in [3.05, 3.63) is 89.0 Å². The Kier molecular flexibility index (Phi) is 6.84. The van der Waals surface area contributed by atoms with Crippen molar-refractivity contribution < 1.29 is 23.8 Å². The SMILES string of the molecule is Cc1ccc(COc2ccccc2/C=N\NC(=O)CNC(=O)c2ccc3c(c2)OCO3)cc1. The number of hydrogen-bond donors (Lipinski definition) is 2. The highest BCUT2D eigenvalue weighted by Gasteiger charge is 2.16. The fourth-order valence-electron chi connectivity index (χ4n) is 3.08. The summed E-state index contributed by atoms with van der Waals surface area (Å²) in [6.45, 7) is 2.36. The molecule has 2 amide bonds. The van der Waals surface area contributed by atoms with Crippen LogP contribution in [0.4, 0.5) is 0 Å². The molecule has 0 fully saturated rings. The van der Waals surface area contributed by atoms with Crippen molar-refractivity contribution in [1.29, 1.82) is 0 Å². The molecule has 4 rings (SSSR count). The molecule has 0 saturated carbocycles. The monoisotopic (exact) mass is 445 g/mol. The summed E-state index contributed by atoms with van der Waals surface area (Å²) in [5.41, 5.74) is 5.73. The largest absolute Gasteiger partial charge is 0.488 e. The zero-order valence-electron chi connectivity index (χ0n) is 18.0. The zero-order valence-corrected chi connectivity index (χ0v) is 18.0. The number of aryl methyl sites for hydroxylation is 1. The Bertz CT molecular complexity index is 1170. The molecule has 2 N–H and O–H groups in total. The predicted octanol–water partition coefficient (Wildman–Crippen LogP) is 3.18. The molecule has 1 aliphatic heterocycles. The van der Waals surface area contributed by atoms with Crippen LogP contribution in [0.5, 0.6) is 17.2 Å². The molecule has 3 aromatic rings. The molecule has 8 nitrogen and oxygen atoms in total. The molecule has 0 unspecified atom stereocenters. The minimum absolute atomic E-state index is 0.126. The van der Waals surface area contributed by atoms with Crippen LogP contribution in [0.15, 0.2) is 71.8 Å². The van der Waals surface area contributed by atoms with E-state index in [0.29, 0.717) is 35.0 Å². The van der Waals surface area contributed by atoms with Crippen LogP contribution in [-0.2, 0) is 11.4 Å². The molecule has 0 atom stereocenters. The molecular formula is C25H23N3O5. The predicted molar refractivity (Wildman–Crippen MR) is 123 cm³/mol. The molecule has 0 aliphatic carbocycles. The Morgan fingerprint density at radius 3 is 2.67 bits per heavy atom. The van der Waals surface area contributed by atoms with Crippen molar-refractivity contribution in [2.24, 2.45) is 5.10 Å². The van der Waals surface area contributed by atoms with E-state index in [4.69, 9.17) is 14.2 Å². The molecule has 168 valence electrons. The number of amides is 2. The van der Waals surface area contributed by atoms with Crippen LogP contribution in [0.25, 0.3) is 0 Å². The number of carbonyl (C=O) groups excluding carboxylic acids is 2. The summed E-state index contributed by atoms with van der Waals surface area (Å²) in [6.07, 6.45) is 1.50. The number of fused-ring (bicyclic) bond motifs is 1. The number of para-hydroxylation sites is 1. The van der Waals surface area contributed by atoms with Gasteiger partial charge in [0.15, 0.2) is 11.5 Å². The van der Waals surface area contributed by atoms with Crippen molar-refractivity contribution in [2.45, 2.75) is 13.5 Å². The lowest BCUT2D eigenvalue weighted by molar-refractivity contribution is -0.120. The maximum absolute atomic E-state index is 12.3. The second-order valence-corrected chi connectivity index (χ2v) is 7.36. The molecule has 0 bridgehead atoms. The van der Waals surface area contributed by atoms with Crippen LogP contribution < -0.4 is 25.0 Å². The third-order valence-electron chi connectivity index (χ3n) is 4.87. The van der Waals surface area contributed by atoms with Gasteiger partial charge < -0.3 is 19.5 Å². The van der Waals surface area contributed by atoms with Gasteiger partial charge >= 0.3 is 0 Å². The van der Waals surface area contributed by atoms with Crippen LogP contribution in [0, 0.1) is 6.92 Å². The number of benzene rings is 3. The third-order valence-corrected chi connectivity index (χ3v) is 4.87. The molecule has 0 aromatic heterocycles. The summed E-state index contributed by atoms with van der Waals surface area (Å²) < 4.78 is 16.4. The molecule has 1 aliphatic rings. The van der Waals surface area contributed by atoms with E-state index in [1.165, 1.54) is 11.8 Å². The molecule has 0 radical (unpaired) electrons. The molecule has 3 aromatic carbocycles. The van der Waals surface area contributed by atoms with Crippen LogP contribution in [0.2, 0.25) is 0 Å². The van der Waals surface area contributed by atoms with Crippen molar-refractivity contribution in [3.63, 3.8) is 0 Å². The summed E-state index contributed by atoms with van der Waals surface area (Å²) in [4.78, 5) is 24.3. The molecule has 33 heavy (non-hydrogen) atoms. The van der Waals surface area contributed by atoms with E-state index < -0.39 is 11.8 Å². The number of nitrogens with one attached hydrogen (secondary N) is 2. The van der Waals surface area contributed by atoms with Gasteiger partial charge in [0, 0.05) is 11.1 Å². The number of carbonyl (C=O) groups is 2. The highest BCUT2D eigenvalue weighted by atomic mass is 16.7. The first-order valence-corrected chi connectivity index (χ1v) is 10.4. The summed E-state index contributed by atoms with van der Waals surface area (Å²) >= 11 is 0. The molecule has 8 heteroatoms. The number of hydrogen-bond acceptors (Lipinski definition) is 6. The van der Waals surface area contributed by atoms with E-state index >= 15 is 0 Å². The first-order chi connectivity index (χ1) is 16.1. The van der Waals surface area contributed by atoms with Gasteiger partial charge in [-0.1, -0.05) is 42.0 Å². The Labute approximate surface area is 191 Å². The fourth-order valence-corrected chi connectivity index (χ4v) is 3.08. The number of ether oxygens (including phenoxy) is 3. The van der Waals surface area contributed by atoms with E-state index in [0.717, 1.165) is 5.56 Å². The van der Waals surface area contributed by atoms with Crippen molar-refractivity contribution in [2.75, 3.05) is 13.3 Å². The lowest BCUT2D eigenvalue weighted by atomic mass is 10.1. The third kappa shape index (κ3) is 5.88.